The maximum atomic E-state index is 12.8. The van der Waals surface area contributed by atoms with E-state index in [2.05, 4.69) is 17.3 Å². The molecule has 0 atom stereocenters. The number of amides is 1. The Morgan fingerprint density at radius 2 is 2.30 bits per heavy atom. The summed E-state index contributed by atoms with van der Waals surface area (Å²) in [4.78, 5) is 14.6. The van der Waals surface area contributed by atoms with Gasteiger partial charge in [0.05, 0.1) is 6.54 Å². The normalized spacial score (nSPS) is 16.8. The first kappa shape index (κ1) is 13.1. The van der Waals surface area contributed by atoms with Crippen LogP contribution in [0.25, 0.3) is 0 Å². The van der Waals surface area contributed by atoms with Crippen molar-refractivity contribution < 1.29 is 4.79 Å². The van der Waals surface area contributed by atoms with Gasteiger partial charge in [0.15, 0.2) is 0 Å². The van der Waals surface area contributed by atoms with Crippen molar-refractivity contribution in [3.63, 3.8) is 0 Å². The molecule has 1 heterocycles. The van der Waals surface area contributed by atoms with Crippen molar-refractivity contribution in [1.82, 2.24) is 4.90 Å². The number of nitrogens with one attached hydrogen (secondary N) is 1. The van der Waals surface area contributed by atoms with Crippen molar-refractivity contribution in [2.75, 3.05) is 25.0 Å². The van der Waals surface area contributed by atoms with Crippen LogP contribution in [0.2, 0.25) is 0 Å². The molecule has 1 saturated carbocycles. The lowest BCUT2D eigenvalue weighted by atomic mass is 9.96. The Morgan fingerprint density at radius 3 is 3.05 bits per heavy atom. The van der Waals surface area contributed by atoms with Crippen LogP contribution in [0.1, 0.15) is 35.2 Å². The lowest BCUT2D eigenvalue weighted by Crippen LogP contribution is -2.34. The molecule has 3 nitrogen and oxygen atoms in total. The summed E-state index contributed by atoms with van der Waals surface area (Å²) in [5, 5.41) is 3.37. The first-order valence-electron chi connectivity index (χ1n) is 7.38. The van der Waals surface area contributed by atoms with Crippen molar-refractivity contribution in [2.24, 2.45) is 5.92 Å². The van der Waals surface area contributed by atoms with E-state index in [0.29, 0.717) is 12.5 Å². The maximum absolute atomic E-state index is 12.8. The smallest absolute Gasteiger partial charge is 0.255 e. The maximum Gasteiger partial charge on any atom is 0.255 e. The van der Waals surface area contributed by atoms with Crippen LogP contribution in [0.4, 0.5) is 5.69 Å². The highest BCUT2D eigenvalue weighted by molar-refractivity contribution is 5.97. The van der Waals surface area contributed by atoms with E-state index in [0.717, 1.165) is 42.7 Å². The average Bonchev–Trinajstić information content (AvgIpc) is 3.29. The van der Waals surface area contributed by atoms with Crippen molar-refractivity contribution >= 4 is 11.6 Å². The molecule has 1 aliphatic heterocycles. The second-order valence-corrected chi connectivity index (χ2v) is 5.70. The van der Waals surface area contributed by atoms with E-state index in [-0.39, 0.29) is 5.91 Å². The summed E-state index contributed by atoms with van der Waals surface area (Å²) in [6.45, 7) is 2.20. The molecule has 0 radical (unpaired) electrons. The van der Waals surface area contributed by atoms with E-state index in [1.807, 2.05) is 17.0 Å². The Balaban J connectivity index is 1.86. The molecule has 1 aromatic rings. The number of carbonyl (C=O) groups excluding carboxylic acids is 1. The summed E-state index contributed by atoms with van der Waals surface area (Å²) >= 11 is 0. The molecule has 20 heavy (non-hydrogen) atoms. The van der Waals surface area contributed by atoms with Crippen molar-refractivity contribution in [1.29, 1.82) is 0 Å². The fourth-order valence-corrected chi connectivity index (χ4v) is 2.82. The third-order valence-corrected chi connectivity index (χ3v) is 4.07. The summed E-state index contributed by atoms with van der Waals surface area (Å²) in [6, 6.07) is 5.94. The van der Waals surface area contributed by atoms with Gasteiger partial charge in [-0.25, -0.2) is 0 Å². The Bertz CT molecular complexity index is 555. The van der Waals surface area contributed by atoms with Crippen molar-refractivity contribution in [2.45, 2.75) is 25.7 Å². The van der Waals surface area contributed by atoms with Gasteiger partial charge in [0.2, 0.25) is 0 Å². The molecule has 3 rings (SSSR count). The minimum absolute atomic E-state index is 0.0930. The zero-order valence-electron chi connectivity index (χ0n) is 11.7. The zero-order chi connectivity index (χ0) is 13.9. The van der Waals surface area contributed by atoms with E-state index in [4.69, 9.17) is 6.42 Å². The summed E-state index contributed by atoms with van der Waals surface area (Å²) in [5.41, 5.74) is 3.08. The van der Waals surface area contributed by atoms with Gasteiger partial charge in [0.25, 0.3) is 5.91 Å². The van der Waals surface area contributed by atoms with Crippen LogP contribution >= 0.6 is 0 Å². The van der Waals surface area contributed by atoms with Crippen LogP contribution in [0.3, 0.4) is 0 Å². The van der Waals surface area contributed by atoms with Crippen LogP contribution in [0, 0.1) is 18.3 Å². The first-order chi connectivity index (χ1) is 9.79. The SMILES string of the molecule is C#CCN(CC1CC1)C(=O)c1cccc2c1CCCN2. The number of benzene rings is 1. The number of anilines is 1. The molecule has 0 aromatic heterocycles. The number of hydrogen-bond acceptors (Lipinski definition) is 2. The van der Waals surface area contributed by atoms with Gasteiger partial charge >= 0.3 is 0 Å². The van der Waals surface area contributed by atoms with E-state index in [1.165, 1.54) is 12.8 Å². The molecule has 0 saturated heterocycles. The summed E-state index contributed by atoms with van der Waals surface area (Å²) in [5.74, 6) is 3.37. The van der Waals surface area contributed by atoms with Gasteiger partial charge in [-0.1, -0.05) is 12.0 Å². The second kappa shape index (κ2) is 5.58. The number of hydrogen-bond donors (Lipinski definition) is 1. The van der Waals surface area contributed by atoms with Gasteiger partial charge in [-0.05, 0) is 49.3 Å². The van der Waals surface area contributed by atoms with Gasteiger partial charge in [-0.2, -0.15) is 0 Å². The number of nitrogens with zero attached hydrogens (tertiary/aromatic N) is 1. The minimum atomic E-state index is 0.0930. The fraction of sp³-hybridized carbons (Fsp3) is 0.471. The molecule has 1 fully saturated rings. The highest BCUT2D eigenvalue weighted by Crippen LogP contribution is 2.31. The number of carbonyl (C=O) groups is 1. The highest BCUT2D eigenvalue weighted by atomic mass is 16.2. The molecule has 1 N–H and O–H groups in total. The fourth-order valence-electron chi connectivity index (χ4n) is 2.82. The molecule has 1 amide bonds. The van der Waals surface area contributed by atoms with Crippen LogP contribution in [0.5, 0.6) is 0 Å². The zero-order valence-corrected chi connectivity index (χ0v) is 11.7. The molecular formula is C17H20N2O. The van der Waals surface area contributed by atoms with Gasteiger partial charge in [0.1, 0.15) is 0 Å². The Labute approximate surface area is 120 Å². The molecule has 1 aliphatic carbocycles. The summed E-state index contributed by atoms with van der Waals surface area (Å²) < 4.78 is 0. The lowest BCUT2D eigenvalue weighted by molar-refractivity contribution is 0.0768. The van der Waals surface area contributed by atoms with Crippen LogP contribution in [-0.4, -0.2) is 30.4 Å². The number of rotatable bonds is 4. The topological polar surface area (TPSA) is 32.3 Å². The van der Waals surface area contributed by atoms with Crippen LogP contribution in [0.15, 0.2) is 18.2 Å². The largest absolute Gasteiger partial charge is 0.385 e. The van der Waals surface area contributed by atoms with Gasteiger partial charge in [-0.3, -0.25) is 4.79 Å². The van der Waals surface area contributed by atoms with Crippen molar-refractivity contribution in [3.8, 4) is 12.3 Å². The molecule has 104 valence electrons. The van der Waals surface area contributed by atoms with E-state index in [1.54, 1.807) is 0 Å². The molecule has 2 aliphatic rings. The van der Waals surface area contributed by atoms with Gasteiger partial charge in [0, 0.05) is 24.3 Å². The molecule has 3 heteroatoms. The standard InChI is InChI=1S/C17H20N2O/c1-2-11-19(12-13-8-9-13)17(20)15-5-3-7-16-14(15)6-4-10-18-16/h1,3,5,7,13,18H,4,6,8-12H2. The Morgan fingerprint density at radius 1 is 1.45 bits per heavy atom. The molecule has 0 bridgehead atoms. The monoisotopic (exact) mass is 268 g/mol. The minimum Gasteiger partial charge on any atom is -0.385 e. The van der Waals surface area contributed by atoms with Crippen LogP contribution in [-0.2, 0) is 6.42 Å². The predicted octanol–water partition coefficient (Wildman–Crippen LogP) is 2.53. The Hall–Kier alpha value is -1.95. The van der Waals surface area contributed by atoms with E-state index in [9.17, 15) is 4.79 Å². The van der Waals surface area contributed by atoms with Crippen LogP contribution < -0.4 is 5.32 Å². The number of fused-ring (bicyclic) bond motifs is 1. The molecule has 0 unspecified atom stereocenters. The third-order valence-electron chi connectivity index (χ3n) is 4.07. The Kier molecular flexibility index (Phi) is 3.64. The molecular weight excluding hydrogens is 248 g/mol. The highest BCUT2D eigenvalue weighted by Gasteiger charge is 2.28. The van der Waals surface area contributed by atoms with E-state index < -0.39 is 0 Å². The third kappa shape index (κ3) is 2.65. The predicted molar refractivity (Wildman–Crippen MR) is 80.7 cm³/mol. The molecule has 1 aromatic carbocycles. The lowest BCUT2D eigenvalue weighted by Gasteiger charge is -2.25. The molecule has 0 spiro atoms. The second-order valence-electron chi connectivity index (χ2n) is 5.70. The number of terminal acetylenes is 1. The average molecular weight is 268 g/mol. The van der Waals surface area contributed by atoms with Crippen molar-refractivity contribution in [3.05, 3.63) is 29.3 Å². The van der Waals surface area contributed by atoms with Gasteiger partial charge < -0.3 is 10.2 Å². The quantitative estimate of drug-likeness (QED) is 0.851. The summed E-state index contributed by atoms with van der Waals surface area (Å²) in [6.07, 6.45) is 9.92. The van der Waals surface area contributed by atoms with Gasteiger partial charge in [-0.15, -0.1) is 6.42 Å². The first-order valence-corrected chi connectivity index (χ1v) is 7.38. The summed E-state index contributed by atoms with van der Waals surface area (Å²) in [7, 11) is 0. The van der Waals surface area contributed by atoms with E-state index >= 15 is 0 Å².